The second-order valence-corrected chi connectivity index (χ2v) is 8.84. The van der Waals surface area contributed by atoms with Crippen LogP contribution in [-0.4, -0.2) is 63.2 Å². The molecule has 2 aromatic heterocycles. The molecule has 174 valence electrons. The summed E-state index contributed by atoms with van der Waals surface area (Å²) in [6, 6.07) is 4.16. The van der Waals surface area contributed by atoms with Crippen LogP contribution in [0.15, 0.2) is 36.7 Å². The molecule has 4 atom stereocenters. The highest BCUT2D eigenvalue weighted by molar-refractivity contribution is 5.84. The third-order valence-corrected chi connectivity index (χ3v) is 6.69. The minimum Gasteiger partial charge on any atom is -0.366 e. The summed E-state index contributed by atoms with van der Waals surface area (Å²) in [5.74, 6) is -0.566. The number of allylic oxidation sites excluding steroid dienone is 1. The van der Waals surface area contributed by atoms with Crippen LogP contribution in [0.5, 0.6) is 0 Å². The van der Waals surface area contributed by atoms with Gasteiger partial charge in [0.25, 0.3) is 0 Å². The highest BCUT2D eigenvalue weighted by Gasteiger charge is 2.51. The van der Waals surface area contributed by atoms with Gasteiger partial charge in [-0.05, 0) is 37.5 Å². The molecule has 5 rings (SSSR count). The van der Waals surface area contributed by atoms with Crippen LogP contribution >= 0.6 is 0 Å². The molecule has 0 radical (unpaired) electrons. The molecule has 3 aliphatic rings. The maximum atomic E-state index is 13.4. The number of hydrogen-bond donors (Lipinski definition) is 2. The van der Waals surface area contributed by atoms with Gasteiger partial charge < -0.3 is 20.2 Å². The molecule has 2 bridgehead atoms. The number of carbonyl (C=O) groups is 1. The molecule has 1 aliphatic carbocycles. The van der Waals surface area contributed by atoms with Gasteiger partial charge in [0.1, 0.15) is 11.9 Å². The van der Waals surface area contributed by atoms with Crippen LogP contribution in [0.3, 0.4) is 0 Å². The van der Waals surface area contributed by atoms with Crippen molar-refractivity contribution in [1.29, 1.82) is 5.41 Å². The Morgan fingerprint density at radius 1 is 1.18 bits per heavy atom. The monoisotopic (exact) mass is 461 g/mol. The number of nitrogens with zero attached hydrogens (tertiary/aromatic N) is 3. The van der Waals surface area contributed by atoms with Gasteiger partial charge in [-0.2, -0.15) is 13.2 Å². The number of hydrogen-bond acceptors (Lipinski definition) is 4. The van der Waals surface area contributed by atoms with E-state index >= 15 is 0 Å². The zero-order valence-corrected chi connectivity index (χ0v) is 17.6. The quantitative estimate of drug-likeness (QED) is 0.520. The summed E-state index contributed by atoms with van der Waals surface area (Å²) in [5, 5.41) is 7.60. The average molecular weight is 461 g/mol. The Kier molecular flexibility index (Phi) is 5.25. The van der Waals surface area contributed by atoms with Crippen LogP contribution in [0.1, 0.15) is 30.7 Å². The van der Waals surface area contributed by atoms with Crippen molar-refractivity contribution in [1.82, 2.24) is 19.8 Å². The first-order valence-electron chi connectivity index (χ1n) is 10.9. The van der Waals surface area contributed by atoms with Crippen molar-refractivity contribution in [2.45, 2.75) is 43.7 Å². The number of pyridine rings is 1. The van der Waals surface area contributed by atoms with E-state index in [0.29, 0.717) is 30.6 Å². The molecule has 3 fully saturated rings. The molecule has 2 saturated heterocycles. The number of aromatic nitrogens is 2. The first-order valence-corrected chi connectivity index (χ1v) is 10.9. The molecule has 2 aromatic rings. The molecule has 10 heteroatoms. The number of halogens is 4. The molecular formula is C23H23F4N5O. The predicted octanol–water partition coefficient (Wildman–Crippen LogP) is 4.12. The molecule has 2 N–H and O–H groups in total. The fourth-order valence-electron chi connectivity index (χ4n) is 4.96. The van der Waals surface area contributed by atoms with Crippen LogP contribution in [-0.2, 0) is 11.0 Å². The molecular weight excluding hydrogens is 438 g/mol. The number of rotatable bonds is 5. The number of alkyl halides is 4. The van der Waals surface area contributed by atoms with Crippen LogP contribution in [0, 0.1) is 11.3 Å². The highest BCUT2D eigenvalue weighted by atomic mass is 19.4. The van der Waals surface area contributed by atoms with Gasteiger partial charge >= 0.3 is 6.18 Å². The number of fused-ring (bicyclic) bond motifs is 2. The lowest BCUT2D eigenvalue weighted by molar-refractivity contribution is -0.141. The minimum atomic E-state index is -4.49. The van der Waals surface area contributed by atoms with Crippen molar-refractivity contribution in [3.8, 4) is 11.1 Å². The van der Waals surface area contributed by atoms with Gasteiger partial charge in [0.05, 0.1) is 17.3 Å². The van der Waals surface area contributed by atoms with Gasteiger partial charge in [0.2, 0.25) is 5.91 Å². The number of aromatic amines is 1. The first kappa shape index (κ1) is 21.7. The smallest absolute Gasteiger partial charge is 0.366 e. The molecule has 0 spiro atoms. The number of carbonyl (C=O) groups excluding carboxylic acids is 1. The SMILES string of the molecule is N=C/C=C(\c1cc(-c2ccc(C(F)(F)F)nc2)c[nH]1)N1CC2CCC(C1)N2C(=O)[C@@H]1C[C@H]1F. The van der Waals surface area contributed by atoms with Crippen molar-refractivity contribution in [2.24, 2.45) is 5.92 Å². The second kappa shape index (κ2) is 8.00. The summed E-state index contributed by atoms with van der Waals surface area (Å²) in [7, 11) is 0. The molecule has 1 saturated carbocycles. The summed E-state index contributed by atoms with van der Waals surface area (Å²) in [4.78, 5) is 23.4. The molecule has 6 nitrogen and oxygen atoms in total. The van der Waals surface area contributed by atoms with E-state index in [4.69, 9.17) is 5.41 Å². The van der Waals surface area contributed by atoms with E-state index in [2.05, 4.69) is 14.9 Å². The lowest BCUT2D eigenvalue weighted by Crippen LogP contribution is -2.55. The molecule has 2 aliphatic heterocycles. The largest absolute Gasteiger partial charge is 0.433 e. The van der Waals surface area contributed by atoms with Crippen LogP contribution in [0.25, 0.3) is 16.8 Å². The van der Waals surface area contributed by atoms with Gasteiger partial charge in [-0.15, -0.1) is 0 Å². The molecule has 1 amide bonds. The Hall–Kier alpha value is -3.17. The predicted molar refractivity (Wildman–Crippen MR) is 114 cm³/mol. The van der Waals surface area contributed by atoms with Gasteiger partial charge in [0.15, 0.2) is 0 Å². The number of likely N-dealkylation sites (tertiary alicyclic amines) is 1. The third kappa shape index (κ3) is 4.02. The first-order chi connectivity index (χ1) is 15.8. The average Bonchev–Trinajstić information content (AvgIpc) is 3.21. The second-order valence-electron chi connectivity index (χ2n) is 8.84. The molecule has 4 heterocycles. The summed E-state index contributed by atoms with van der Waals surface area (Å²) in [6.45, 7) is 1.17. The van der Waals surface area contributed by atoms with Gasteiger partial charge in [-0.25, -0.2) is 4.39 Å². The van der Waals surface area contributed by atoms with Crippen LogP contribution in [0.4, 0.5) is 17.6 Å². The van der Waals surface area contributed by atoms with Crippen molar-refractivity contribution < 1.29 is 22.4 Å². The summed E-state index contributed by atoms with van der Waals surface area (Å²) < 4.78 is 51.8. The number of amides is 1. The Bertz CT molecular complexity index is 1080. The van der Waals surface area contributed by atoms with E-state index in [-0.39, 0.29) is 18.0 Å². The van der Waals surface area contributed by atoms with E-state index in [0.717, 1.165) is 30.3 Å². The summed E-state index contributed by atoms with van der Waals surface area (Å²) in [5.41, 5.74) is 1.77. The Balaban J connectivity index is 1.35. The number of piperazine rings is 1. The zero-order chi connectivity index (χ0) is 23.3. The van der Waals surface area contributed by atoms with E-state index in [1.165, 1.54) is 18.5 Å². The number of H-pyrrole nitrogens is 1. The third-order valence-electron chi connectivity index (χ3n) is 6.69. The van der Waals surface area contributed by atoms with Crippen molar-refractivity contribution in [3.05, 3.63) is 48.1 Å². The van der Waals surface area contributed by atoms with E-state index in [1.54, 1.807) is 12.3 Å². The normalized spacial score (nSPS) is 27.1. The summed E-state index contributed by atoms with van der Waals surface area (Å²) >= 11 is 0. The number of nitrogens with one attached hydrogen (secondary N) is 2. The minimum absolute atomic E-state index is 0.00623. The standard InChI is InChI=1S/C23H23F4N5O/c24-18-8-17(18)22(33)32-15-2-3-16(32)12-31(11-15)20(5-6-28)19-7-14(10-29-19)13-1-4-21(30-9-13)23(25,26)27/h1,4-7,9-10,15-18,28-29H,2-3,8,11-12H2/b20-5+,28-6?/t15?,16?,17-,18-/m1/s1. The van der Waals surface area contributed by atoms with Crippen molar-refractivity contribution in [2.75, 3.05) is 13.1 Å². The maximum Gasteiger partial charge on any atom is 0.433 e. The van der Waals surface area contributed by atoms with E-state index < -0.39 is 24.0 Å². The highest BCUT2D eigenvalue weighted by Crippen LogP contribution is 2.41. The van der Waals surface area contributed by atoms with Crippen molar-refractivity contribution in [3.63, 3.8) is 0 Å². The maximum absolute atomic E-state index is 13.4. The fourth-order valence-corrected chi connectivity index (χ4v) is 4.96. The van der Waals surface area contributed by atoms with E-state index in [9.17, 15) is 22.4 Å². The molecule has 2 unspecified atom stereocenters. The van der Waals surface area contributed by atoms with Gasteiger partial charge in [0, 0.05) is 54.9 Å². The van der Waals surface area contributed by atoms with Crippen LogP contribution < -0.4 is 0 Å². The van der Waals surface area contributed by atoms with Gasteiger partial charge in [-0.1, -0.05) is 6.07 Å². The Morgan fingerprint density at radius 2 is 1.88 bits per heavy atom. The topological polar surface area (TPSA) is 76.1 Å². The lowest BCUT2D eigenvalue weighted by atomic mass is 10.1. The Labute approximate surface area is 187 Å². The van der Waals surface area contributed by atoms with Crippen molar-refractivity contribution >= 4 is 17.8 Å². The Morgan fingerprint density at radius 3 is 2.42 bits per heavy atom. The van der Waals surface area contributed by atoms with Crippen LogP contribution in [0.2, 0.25) is 0 Å². The fraction of sp³-hybridized carbons (Fsp3) is 0.435. The molecule has 0 aromatic carbocycles. The van der Waals surface area contributed by atoms with E-state index in [1.807, 2.05) is 11.0 Å². The van der Waals surface area contributed by atoms with Gasteiger partial charge in [-0.3, -0.25) is 9.78 Å². The summed E-state index contributed by atoms with van der Waals surface area (Å²) in [6.07, 6.45) is 2.28. The lowest BCUT2D eigenvalue weighted by Gasteiger charge is -2.43. The molecule has 33 heavy (non-hydrogen) atoms. The zero-order valence-electron chi connectivity index (χ0n) is 17.6.